The molecule has 1 heterocycles. The minimum absolute atomic E-state index is 0.0121. The van der Waals surface area contributed by atoms with Crippen molar-refractivity contribution in [3.05, 3.63) is 21.9 Å². The van der Waals surface area contributed by atoms with E-state index < -0.39 is 0 Å². The number of rotatable bonds is 3. The maximum absolute atomic E-state index is 11.2. The van der Waals surface area contributed by atoms with Gasteiger partial charge in [0.25, 0.3) is 0 Å². The fraction of sp³-hybridized carbons (Fsp3) is 0.500. The molecule has 1 aromatic heterocycles. The SMILES string of the molecule is COC(=O)c1csc(CC2(N)CC2)c1. The fourth-order valence-corrected chi connectivity index (χ4v) is 2.39. The van der Waals surface area contributed by atoms with Gasteiger partial charge in [-0.25, -0.2) is 4.79 Å². The van der Waals surface area contributed by atoms with Crippen LogP contribution in [-0.4, -0.2) is 18.6 Å². The summed E-state index contributed by atoms with van der Waals surface area (Å²) >= 11 is 1.58. The van der Waals surface area contributed by atoms with Crippen molar-refractivity contribution < 1.29 is 9.53 Å². The van der Waals surface area contributed by atoms with E-state index in [2.05, 4.69) is 4.74 Å². The van der Waals surface area contributed by atoms with Gasteiger partial charge in [0.1, 0.15) is 0 Å². The Hall–Kier alpha value is -0.870. The molecule has 0 spiro atoms. The highest BCUT2D eigenvalue weighted by molar-refractivity contribution is 7.10. The van der Waals surface area contributed by atoms with E-state index in [1.54, 1.807) is 11.3 Å². The van der Waals surface area contributed by atoms with Crippen molar-refractivity contribution >= 4 is 17.3 Å². The van der Waals surface area contributed by atoms with Crippen molar-refractivity contribution in [2.45, 2.75) is 24.8 Å². The Kier molecular flexibility index (Phi) is 2.33. The van der Waals surface area contributed by atoms with Gasteiger partial charge in [0.15, 0.2) is 0 Å². The molecule has 1 saturated carbocycles. The summed E-state index contributed by atoms with van der Waals surface area (Å²) in [5.41, 5.74) is 6.63. The normalized spacial score (nSPS) is 17.9. The summed E-state index contributed by atoms with van der Waals surface area (Å²) < 4.78 is 4.63. The smallest absolute Gasteiger partial charge is 0.338 e. The van der Waals surface area contributed by atoms with Crippen molar-refractivity contribution in [1.29, 1.82) is 0 Å². The standard InChI is InChI=1S/C10H13NO2S/c1-13-9(12)7-4-8(14-6-7)5-10(11)2-3-10/h4,6H,2-3,5,11H2,1H3. The van der Waals surface area contributed by atoms with Crippen LogP contribution >= 0.6 is 11.3 Å². The second kappa shape index (κ2) is 3.37. The third kappa shape index (κ3) is 1.96. The zero-order valence-electron chi connectivity index (χ0n) is 8.08. The van der Waals surface area contributed by atoms with Crippen molar-refractivity contribution in [3.8, 4) is 0 Å². The largest absolute Gasteiger partial charge is 0.465 e. The molecule has 0 aromatic carbocycles. The zero-order valence-corrected chi connectivity index (χ0v) is 8.89. The lowest BCUT2D eigenvalue weighted by Crippen LogP contribution is -2.23. The van der Waals surface area contributed by atoms with E-state index in [1.165, 1.54) is 12.0 Å². The Morgan fingerprint density at radius 1 is 1.71 bits per heavy atom. The monoisotopic (exact) mass is 211 g/mol. The highest BCUT2D eigenvalue weighted by Crippen LogP contribution is 2.36. The minimum Gasteiger partial charge on any atom is -0.465 e. The average molecular weight is 211 g/mol. The van der Waals surface area contributed by atoms with Gasteiger partial charge < -0.3 is 10.5 Å². The molecular weight excluding hydrogens is 198 g/mol. The van der Waals surface area contributed by atoms with Gasteiger partial charge in [-0.15, -0.1) is 11.3 Å². The Morgan fingerprint density at radius 2 is 2.43 bits per heavy atom. The van der Waals surface area contributed by atoms with E-state index in [4.69, 9.17) is 5.73 Å². The Balaban J connectivity index is 2.06. The summed E-state index contributed by atoms with van der Waals surface area (Å²) in [6.45, 7) is 0. The molecular formula is C10H13NO2S. The van der Waals surface area contributed by atoms with Crippen LogP contribution in [0.4, 0.5) is 0 Å². The second-order valence-electron chi connectivity index (χ2n) is 3.83. The van der Waals surface area contributed by atoms with Gasteiger partial charge in [-0.2, -0.15) is 0 Å². The molecule has 76 valence electrons. The number of esters is 1. The predicted octanol–water partition coefficient (Wildman–Crippen LogP) is 1.57. The quantitative estimate of drug-likeness (QED) is 0.772. The maximum atomic E-state index is 11.2. The summed E-state index contributed by atoms with van der Waals surface area (Å²) in [6, 6.07) is 1.88. The summed E-state index contributed by atoms with van der Waals surface area (Å²) in [5.74, 6) is -0.269. The average Bonchev–Trinajstić information content (AvgIpc) is 2.71. The third-order valence-corrected chi connectivity index (χ3v) is 3.43. The lowest BCUT2D eigenvalue weighted by Gasteiger charge is -2.04. The van der Waals surface area contributed by atoms with Crippen LogP contribution in [0.3, 0.4) is 0 Å². The Morgan fingerprint density at radius 3 is 3.00 bits per heavy atom. The molecule has 0 amide bonds. The number of methoxy groups -OCH3 is 1. The van der Waals surface area contributed by atoms with Crippen LogP contribution in [0.2, 0.25) is 0 Å². The molecule has 2 rings (SSSR count). The van der Waals surface area contributed by atoms with Crippen LogP contribution in [0.5, 0.6) is 0 Å². The summed E-state index contributed by atoms with van der Waals surface area (Å²) in [4.78, 5) is 12.3. The van der Waals surface area contributed by atoms with E-state index in [9.17, 15) is 4.79 Å². The first-order chi connectivity index (χ1) is 6.63. The van der Waals surface area contributed by atoms with Gasteiger partial charge in [0.2, 0.25) is 0 Å². The number of carbonyl (C=O) groups is 1. The second-order valence-corrected chi connectivity index (χ2v) is 4.83. The van der Waals surface area contributed by atoms with E-state index >= 15 is 0 Å². The molecule has 1 aliphatic carbocycles. The number of carbonyl (C=O) groups excluding carboxylic acids is 1. The van der Waals surface area contributed by atoms with Gasteiger partial charge in [-0.05, 0) is 25.3 Å². The number of thiophene rings is 1. The number of hydrogen-bond donors (Lipinski definition) is 1. The van der Waals surface area contributed by atoms with Crippen LogP contribution in [0.1, 0.15) is 28.1 Å². The number of ether oxygens (including phenoxy) is 1. The first kappa shape index (κ1) is 9.68. The van der Waals surface area contributed by atoms with Crippen LogP contribution in [0, 0.1) is 0 Å². The lowest BCUT2D eigenvalue weighted by molar-refractivity contribution is 0.0601. The number of hydrogen-bond acceptors (Lipinski definition) is 4. The molecule has 0 atom stereocenters. The molecule has 1 aromatic rings. The molecule has 0 saturated heterocycles. The predicted molar refractivity (Wildman–Crippen MR) is 55.5 cm³/mol. The van der Waals surface area contributed by atoms with E-state index in [-0.39, 0.29) is 11.5 Å². The van der Waals surface area contributed by atoms with Crippen molar-refractivity contribution in [2.24, 2.45) is 5.73 Å². The summed E-state index contributed by atoms with van der Waals surface area (Å²) in [6.07, 6.45) is 3.07. The maximum Gasteiger partial charge on any atom is 0.338 e. The molecule has 0 bridgehead atoms. The van der Waals surface area contributed by atoms with Crippen molar-refractivity contribution in [2.75, 3.05) is 7.11 Å². The molecule has 2 N–H and O–H groups in total. The first-order valence-corrected chi connectivity index (χ1v) is 5.45. The first-order valence-electron chi connectivity index (χ1n) is 4.58. The van der Waals surface area contributed by atoms with Crippen LogP contribution in [0.25, 0.3) is 0 Å². The third-order valence-electron chi connectivity index (χ3n) is 2.49. The van der Waals surface area contributed by atoms with Crippen molar-refractivity contribution in [1.82, 2.24) is 0 Å². The van der Waals surface area contributed by atoms with Crippen LogP contribution < -0.4 is 5.73 Å². The van der Waals surface area contributed by atoms with Gasteiger partial charge in [-0.1, -0.05) is 0 Å². The van der Waals surface area contributed by atoms with E-state index in [0.29, 0.717) is 5.56 Å². The molecule has 4 heteroatoms. The minimum atomic E-state index is -0.269. The van der Waals surface area contributed by atoms with Gasteiger partial charge in [0.05, 0.1) is 12.7 Å². The molecule has 0 aliphatic heterocycles. The van der Waals surface area contributed by atoms with E-state index in [0.717, 1.165) is 19.3 Å². The molecule has 1 fully saturated rings. The zero-order chi connectivity index (χ0) is 10.2. The summed E-state index contributed by atoms with van der Waals surface area (Å²) in [7, 11) is 1.39. The number of nitrogens with two attached hydrogens (primary N) is 1. The van der Waals surface area contributed by atoms with Gasteiger partial charge in [0, 0.05) is 15.8 Å². The fourth-order valence-electron chi connectivity index (χ4n) is 1.38. The highest BCUT2D eigenvalue weighted by atomic mass is 32.1. The molecule has 0 radical (unpaired) electrons. The molecule has 3 nitrogen and oxygen atoms in total. The molecule has 1 aliphatic rings. The van der Waals surface area contributed by atoms with Crippen LogP contribution in [-0.2, 0) is 11.2 Å². The van der Waals surface area contributed by atoms with Gasteiger partial charge in [-0.3, -0.25) is 0 Å². The lowest BCUT2D eigenvalue weighted by atomic mass is 10.1. The van der Waals surface area contributed by atoms with Crippen molar-refractivity contribution in [3.63, 3.8) is 0 Å². The van der Waals surface area contributed by atoms with Crippen LogP contribution in [0.15, 0.2) is 11.4 Å². The Labute approximate surface area is 86.9 Å². The highest BCUT2D eigenvalue weighted by Gasteiger charge is 2.38. The molecule has 14 heavy (non-hydrogen) atoms. The topological polar surface area (TPSA) is 52.3 Å². The Bertz CT molecular complexity index is 355. The summed E-state index contributed by atoms with van der Waals surface area (Å²) in [5, 5.41) is 1.83. The van der Waals surface area contributed by atoms with E-state index in [1.807, 2.05) is 11.4 Å². The molecule has 0 unspecified atom stereocenters. The van der Waals surface area contributed by atoms with Gasteiger partial charge >= 0.3 is 5.97 Å².